The molecule has 0 atom stereocenters. The third-order valence-electron chi connectivity index (χ3n) is 3.36. The molecule has 1 aliphatic heterocycles. The predicted octanol–water partition coefficient (Wildman–Crippen LogP) is 1.59. The molecule has 2 heterocycles. The summed E-state index contributed by atoms with van der Waals surface area (Å²) in [6.45, 7) is 1.07. The molecule has 0 aliphatic carbocycles. The molecule has 17 heavy (non-hydrogen) atoms. The summed E-state index contributed by atoms with van der Waals surface area (Å²) in [5.74, 6) is 2.24. The molecule has 4 heteroatoms. The molecule has 0 unspecified atom stereocenters. The molecule has 2 N–H and O–H groups in total. The zero-order valence-corrected chi connectivity index (χ0v) is 9.76. The van der Waals surface area contributed by atoms with Crippen LogP contribution >= 0.6 is 0 Å². The number of anilines is 1. The molecule has 1 aromatic carbocycles. The molecule has 0 fully saturated rings. The zero-order chi connectivity index (χ0) is 11.7. The molecular weight excluding hydrogens is 212 g/mol. The number of fused-ring (bicyclic) bond motifs is 1. The van der Waals surface area contributed by atoms with Crippen LogP contribution in [0.3, 0.4) is 0 Å². The lowest BCUT2D eigenvalue weighted by atomic mass is 10.1. The molecule has 4 nitrogen and oxygen atoms in total. The first-order chi connectivity index (χ1) is 8.34. The Hall–Kier alpha value is -1.84. The Morgan fingerprint density at radius 3 is 2.94 bits per heavy atom. The molecular formula is C13H16N4. The van der Waals surface area contributed by atoms with Gasteiger partial charge in [-0.2, -0.15) is 0 Å². The number of para-hydroxylation sites is 1. The van der Waals surface area contributed by atoms with Gasteiger partial charge in [0.1, 0.15) is 11.6 Å². The van der Waals surface area contributed by atoms with Crippen LogP contribution in [0.1, 0.15) is 23.6 Å². The topological polar surface area (TPSA) is 56.7 Å². The van der Waals surface area contributed by atoms with E-state index in [1.54, 1.807) is 0 Å². The number of benzene rings is 1. The van der Waals surface area contributed by atoms with Crippen LogP contribution in [0.15, 0.2) is 24.3 Å². The first-order valence-corrected chi connectivity index (χ1v) is 6.09. The van der Waals surface area contributed by atoms with Gasteiger partial charge in [0.2, 0.25) is 0 Å². The lowest BCUT2D eigenvalue weighted by Gasteiger charge is -2.05. The van der Waals surface area contributed by atoms with E-state index in [9.17, 15) is 0 Å². The van der Waals surface area contributed by atoms with E-state index in [0.717, 1.165) is 43.1 Å². The highest BCUT2D eigenvalue weighted by molar-refractivity contribution is 5.46. The summed E-state index contributed by atoms with van der Waals surface area (Å²) in [4.78, 5) is 0. The second kappa shape index (κ2) is 4.20. The van der Waals surface area contributed by atoms with Crippen molar-refractivity contribution in [3.8, 4) is 0 Å². The van der Waals surface area contributed by atoms with Crippen LogP contribution in [-0.2, 0) is 25.8 Å². The number of nitrogen functional groups attached to an aromatic ring is 1. The molecule has 0 saturated heterocycles. The first kappa shape index (κ1) is 10.3. The van der Waals surface area contributed by atoms with E-state index in [0.29, 0.717) is 0 Å². The highest BCUT2D eigenvalue weighted by Crippen LogP contribution is 2.17. The molecule has 0 spiro atoms. The summed E-state index contributed by atoms with van der Waals surface area (Å²) in [7, 11) is 0. The smallest absolute Gasteiger partial charge is 0.133 e. The van der Waals surface area contributed by atoms with Gasteiger partial charge >= 0.3 is 0 Å². The third kappa shape index (κ3) is 1.90. The van der Waals surface area contributed by atoms with Gasteiger partial charge in [-0.3, -0.25) is 0 Å². The number of aromatic nitrogens is 3. The van der Waals surface area contributed by atoms with Crippen LogP contribution < -0.4 is 5.73 Å². The largest absolute Gasteiger partial charge is 0.399 e. The van der Waals surface area contributed by atoms with Gasteiger partial charge in [-0.1, -0.05) is 18.2 Å². The normalized spacial score (nSPS) is 13.9. The molecule has 2 aromatic rings. The van der Waals surface area contributed by atoms with Crippen molar-refractivity contribution in [1.82, 2.24) is 14.8 Å². The molecule has 1 aromatic heterocycles. The maximum absolute atomic E-state index is 5.93. The van der Waals surface area contributed by atoms with Gasteiger partial charge in [-0.05, 0) is 24.5 Å². The molecule has 0 amide bonds. The number of rotatable bonds is 3. The average Bonchev–Trinajstić information content (AvgIpc) is 2.91. The molecule has 0 radical (unpaired) electrons. The fourth-order valence-electron chi connectivity index (χ4n) is 2.40. The Morgan fingerprint density at radius 1 is 1.18 bits per heavy atom. The molecule has 0 saturated carbocycles. The number of aryl methyl sites for hydroxylation is 3. The quantitative estimate of drug-likeness (QED) is 0.812. The van der Waals surface area contributed by atoms with Crippen molar-refractivity contribution in [2.24, 2.45) is 0 Å². The number of hydrogen-bond acceptors (Lipinski definition) is 3. The maximum atomic E-state index is 5.93. The fraction of sp³-hybridized carbons (Fsp3) is 0.385. The summed E-state index contributed by atoms with van der Waals surface area (Å²) in [5.41, 5.74) is 8.00. The van der Waals surface area contributed by atoms with Crippen molar-refractivity contribution in [2.45, 2.75) is 32.2 Å². The second-order valence-electron chi connectivity index (χ2n) is 4.49. The maximum Gasteiger partial charge on any atom is 0.133 e. The van der Waals surface area contributed by atoms with Crippen molar-refractivity contribution < 1.29 is 0 Å². The van der Waals surface area contributed by atoms with Gasteiger partial charge in [0.15, 0.2) is 0 Å². The van der Waals surface area contributed by atoms with Gasteiger partial charge < -0.3 is 10.3 Å². The van der Waals surface area contributed by atoms with Gasteiger partial charge in [0, 0.05) is 25.1 Å². The van der Waals surface area contributed by atoms with E-state index in [1.165, 1.54) is 12.0 Å². The van der Waals surface area contributed by atoms with Crippen LogP contribution in [0.2, 0.25) is 0 Å². The van der Waals surface area contributed by atoms with E-state index in [2.05, 4.69) is 20.8 Å². The van der Waals surface area contributed by atoms with Crippen molar-refractivity contribution in [3.63, 3.8) is 0 Å². The summed E-state index contributed by atoms with van der Waals surface area (Å²) >= 11 is 0. The monoisotopic (exact) mass is 228 g/mol. The Morgan fingerprint density at radius 2 is 2.06 bits per heavy atom. The average molecular weight is 228 g/mol. The Bertz CT molecular complexity index is 530. The standard InChI is InChI=1S/C13H16N4/c14-11-5-2-1-4-10(11)7-8-13-16-15-12-6-3-9-17(12)13/h1-2,4-5H,3,6-9,14H2. The third-order valence-corrected chi connectivity index (χ3v) is 3.36. The van der Waals surface area contributed by atoms with Crippen LogP contribution in [-0.4, -0.2) is 14.8 Å². The van der Waals surface area contributed by atoms with Crippen LogP contribution in [0, 0.1) is 0 Å². The fourth-order valence-corrected chi connectivity index (χ4v) is 2.40. The molecule has 88 valence electrons. The number of nitrogens with two attached hydrogens (primary N) is 1. The van der Waals surface area contributed by atoms with E-state index < -0.39 is 0 Å². The zero-order valence-electron chi connectivity index (χ0n) is 9.76. The van der Waals surface area contributed by atoms with Crippen molar-refractivity contribution in [1.29, 1.82) is 0 Å². The predicted molar refractivity (Wildman–Crippen MR) is 66.6 cm³/mol. The summed E-state index contributed by atoms with van der Waals surface area (Å²) < 4.78 is 2.25. The van der Waals surface area contributed by atoms with Crippen molar-refractivity contribution >= 4 is 5.69 Å². The Kier molecular flexibility index (Phi) is 2.55. The lowest BCUT2D eigenvalue weighted by Crippen LogP contribution is -2.04. The van der Waals surface area contributed by atoms with Gasteiger partial charge in [-0.15, -0.1) is 10.2 Å². The first-order valence-electron chi connectivity index (χ1n) is 6.09. The van der Waals surface area contributed by atoms with Crippen molar-refractivity contribution in [2.75, 3.05) is 5.73 Å². The summed E-state index contributed by atoms with van der Waals surface area (Å²) in [6.07, 6.45) is 4.12. The van der Waals surface area contributed by atoms with E-state index in [1.807, 2.05) is 18.2 Å². The molecule has 0 bridgehead atoms. The highest BCUT2D eigenvalue weighted by Gasteiger charge is 2.16. The number of nitrogens with zero attached hydrogens (tertiary/aromatic N) is 3. The van der Waals surface area contributed by atoms with E-state index in [-0.39, 0.29) is 0 Å². The minimum atomic E-state index is 0.869. The number of hydrogen-bond donors (Lipinski definition) is 1. The lowest BCUT2D eigenvalue weighted by molar-refractivity contribution is 0.680. The van der Waals surface area contributed by atoms with E-state index in [4.69, 9.17) is 5.73 Å². The highest BCUT2D eigenvalue weighted by atomic mass is 15.3. The van der Waals surface area contributed by atoms with Crippen LogP contribution in [0.5, 0.6) is 0 Å². The summed E-state index contributed by atoms with van der Waals surface area (Å²) in [5, 5.41) is 8.47. The Labute approximate surface area is 100 Å². The molecule has 1 aliphatic rings. The van der Waals surface area contributed by atoms with Crippen molar-refractivity contribution in [3.05, 3.63) is 41.5 Å². The van der Waals surface area contributed by atoms with Gasteiger partial charge in [0.25, 0.3) is 0 Å². The van der Waals surface area contributed by atoms with E-state index >= 15 is 0 Å². The summed E-state index contributed by atoms with van der Waals surface area (Å²) in [6, 6.07) is 8.02. The second-order valence-corrected chi connectivity index (χ2v) is 4.49. The van der Waals surface area contributed by atoms with Gasteiger partial charge in [-0.25, -0.2) is 0 Å². The molecule has 3 rings (SSSR count). The van der Waals surface area contributed by atoms with Crippen LogP contribution in [0.4, 0.5) is 5.69 Å². The minimum absolute atomic E-state index is 0.869. The van der Waals surface area contributed by atoms with Gasteiger partial charge in [0.05, 0.1) is 0 Å². The minimum Gasteiger partial charge on any atom is -0.399 e. The van der Waals surface area contributed by atoms with Crippen LogP contribution in [0.25, 0.3) is 0 Å². The Balaban J connectivity index is 1.74. The SMILES string of the molecule is Nc1ccccc1CCc1nnc2n1CCC2.